The number of hydrogen-bond donors (Lipinski definition) is 1. The Kier molecular flexibility index (Phi) is 6.57. The molecule has 2 aromatic heterocycles. The van der Waals surface area contributed by atoms with E-state index >= 15 is 0 Å². The van der Waals surface area contributed by atoms with Crippen LogP contribution in [0.15, 0.2) is 34.2 Å². The van der Waals surface area contributed by atoms with Crippen LogP contribution in [0.1, 0.15) is 36.8 Å². The van der Waals surface area contributed by atoms with Crippen LogP contribution < -0.4 is 10.9 Å². The van der Waals surface area contributed by atoms with Gasteiger partial charge in [-0.2, -0.15) is 0 Å². The molecule has 1 amide bonds. The SMILES string of the molecule is CCc1cc2c(=O)n(CC(=O)Nc3c(CC)cccc3CC)c(SC)nc2s1. The van der Waals surface area contributed by atoms with Crippen LogP contribution in [-0.2, 0) is 30.6 Å². The van der Waals surface area contributed by atoms with E-state index < -0.39 is 0 Å². The van der Waals surface area contributed by atoms with Crippen molar-refractivity contribution < 1.29 is 4.79 Å². The van der Waals surface area contributed by atoms with Gasteiger partial charge in [0.15, 0.2) is 5.16 Å². The zero-order valence-corrected chi connectivity index (χ0v) is 18.3. The van der Waals surface area contributed by atoms with E-state index in [2.05, 4.69) is 31.1 Å². The average molecular weight is 416 g/mol. The smallest absolute Gasteiger partial charge is 0.263 e. The van der Waals surface area contributed by atoms with E-state index in [1.807, 2.05) is 30.5 Å². The number of carbonyl (C=O) groups is 1. The lowest BCUT2D eigenvalue weighted by Crippen LogP contribution is -2.29. The number of anilines is 1. The van der Waals surface area contributed by atoms with Gasteiger partial charge in [-0.25, -0.2) is 4.98 Å². The van der Waals surface area contributed by atoms with Crippen LogP contribution in [0.25, 0.3) is 10.2 Å². The third-order valence-electron chi connectivity index (χ3n) is 4.76. The highest BCUT2D eigenvalue weighted by Crippen LogP contribution is 2.25. The van der Waals surface area contributed by atoms with Crippen LogP contribution in [0, 0.1) is 0 Å². The predicted octanol–water partition coefficient (Wildman–Crippen LogP) is 4.51. The van der Waals surface area contributed by atoms with E-state index in [4.69, 9.17) is 0 Å². The minimum atomic E-state index is -0.208. The Morgan fingerprint density at radius 1 is 1.18 bits per heavy atom. The number of rotatable bonds is 7. The molecule has 3 aromatic rings. The molecule has 5 nitrogen and oxygen atoms in total. The van der Waals surface area contributed by atoms with Crippen molar-refractivity contribution in [3.63, 3.8) is 0 Å². The fourth-order valence-corrected chi connectivity index (χ4v) is 4.81. The number of thioether (sulfide) groups is 1. The molecule has 0 aliphatic heterocycles. The van der Waals surface area contributed by atoms with E-state index in [1.54, 1.807) is 11.3 Å². The van der Waals surface area contributed by atoms with E-state index in [0.29, 0.717) is 10.5 Å². The summed E-state index contributed by atoms with van der Waals surface area (Å²) in [7, 11) is 0. The van der Waals surface area contributed by atoms with Crippen molar-refractivity contribution in [2.45, 2.75) is 51.7 Å². The fraction of sp³-hybridized carbons (Fsp3) is 0.381. The van der Waals surface area contributed by atoms with Crippen molar-refractivity contribution in [2.24, 2.45) is 0 Å². The second kappa shape index (κ2) is 8.92. The van der Waals surface area contributed by atoms with E-state index in [-0.39, 0.29) is 18.0 Å². The highest BCUT2D eigenvalue weighted by Gasteiger charge is 2.17. The second-order valence-electron chi connectivity index (χ2n) is 6.48. The van der Waals surface area contributed by atoms with Crippen LogP contribution in [0.5, 0.6) is 0 Å². The van der Waals surface area contributed by atoms with Crippen molar-refractivity contribution in [2.75, 3.05) is 11.6 Å². The van der Waals surface area contributed by atoms with Gasteiger partial charge in [-0.3, -0.25) is 14.2 Å². The first-order valence-electron chi connectivity index (χ1n) is 9.50. The maximum Gasteiger partial charge on any atom is 0.263 e. The Morgan fingerprint density at radius 3 is 2.43 bits per heavy atom. The van der Waals surface area contributed by atoms with E-state index in [0.717, 1.165) is 45.8 Å². The number of aryl methyl sites for hydroxylation is 3. The molecule has 0 unspecified atom stereocenters. The molecule has 0 spiro atoms. The molecule has 3 rings (SSSR count). The second-order valence-corrected chi connectivity index (χ2v) is 8.37. The molecule has 2 heterocycles. The Hall–Kier alpha value is -2.12. The van der Waals surface area contributed by atoms with Crippen LogP contribution >= 0.6 is 23.1 Å². The lowest BCUT2D eigenvalue weighted by molar-refractivity contribution is -0.116. The molecule has 0 fully saturated rings. The number of nitrogens with zero attached hydrogens (tertiary/aromatic N) is 2. The number of nitrogens with one attached hydrogen (secondary N) is 1. The summed E-state index contributed by atoms with van der Waals surface area (Å²) in [6.07, 6.45) is 4.41. The first kappa shape index (κ1) is 20.6. The van der Waals surface area contributed by atoms with Gasteiger partial charge in [-0.1, -0.05) is 50.7 Å². The molecule has 148 valence electrons. The summed E-state index contributed by atoms with van der Waals surface area (Å²) in [6.45, 7) is 6.15. The number of hydrogen-bond acceptors (Lipinski definition) is 5. The molecule has 0 saturated carbocycles. The number of aromatic nitrogens is 2. The molecular formula is C21H25N3O2S2. The monoisotopic (exact) mass is 415 g/mol. The van der Waals surface area contributed by atoms with Crippen molar-refractivity contribution >= 4 is 44.9 Å². The van der Waals surface area contributed by atoms with Crippen LogP contribution in [-0.4, -0.2) is 21.7 Å². The summed E-state index contributed by atoms with van der Waals surface area (Å²) in [5.74, 6) is -0.208. The standard InChI is InChI=1S/C21H25N3O2S2/c1-5-13-9-8-10-14(6-2)18(13)22-17(25)12-24-20(26)16-11-15(7-3)28-19(16)23-21(24)27-4/h8-11H,5-7,12H2,1-4H3,(H,22,25). The van der Waals surface area contributed by atoms with Crippen molar-refractivity contribution in [1.82, 2.24) is 9.55 Å². The molecule has 7 heteroatoms. The first-order valence-corrected chi connectivity index (χ1v) is 11.5. The Morgan fingerprint density at radius 2 is 1.86 bits per heavy atom. The molecule has 0 radical (unpaired) electrons. The van der Waals surface area contributed by atoms with Gasteiger partial charge in [0.1, 0.15) is 11.4 Å². The maximum absolute atomic E-state index is 13.0. The molecule has 0 bridgehead atoms. The average Bonchev–Trinajstić information content (AvgIpc) is 3.13. The summed E-state index contributed by atoms with van der Waals surface area (Å²) in [5, 5.41) is 4.20. The molecule has 28 heavy (non-hydrogen) atoms. The predicted molar refractivity (Wildman–Crippen MR) is 119 cm³/mol. The molecule has 0 atom stereocenters. The van der Waals surface area contributed by atoms with Crippen LogP contribution in [0.4, 0.5) is 5.69 Å². The van der Waals surface area contributed by atoms with Gasteiger partial charge >= 0.3 is 0 Å². The lowest BCUT2D eigenvalue weighted by Gasteiger charge is -2.15. The molecule has 1 N–H and O–H groups in total. The first-order chi connectivity index (χ1) is 13.5. The molecule has 0 aliphatic rings. The highest BCUT2D eigenvalue weighted by atomic mass is 32.2. The summed E-state index contributed by atoms with van der Waals surface area (Å²) < 4.78 is 1.48. The minimum absolute atomic E-state index is 0.0452. The minimum Gasteiger partial charge on any atom is -0.324 e. The molecule has 1 aromatic carbocycles. The van der Waals surface area contributed by atoms with Gasteiger partial charge < -0.3 is 5.32 Å². The highest BCUT2D eigenvalue weighted by molar-refractivity contribution is 7.98. The van der Waals surface area contributed by atoms with E-state index in [9.17, 15) is 9.59 Å². The van der Waals surface area contributed by atoms with Gasteiger partial charge in [-0.05, 0) is 42.7 Å². The van der Waals surface area contributed by atoms with Crippen molar-refractivity contribution in [3.05, 3.63) is 50.6 Å². The Balaban J connectivity index is 1.96. The lowest BCUT2D eigenvalue weighted by atomic mass is 10.0. The number of carbonyl (C=O) groups excluding carboxylic acids is 1. The number of thiophene rings is 1. The number of fused-ring (bicyclic) bond motifs is 1. The van der Waals surface area contributed by atoms with Gasteiger partial charge in [0.2, 0.25) is 5.91 Å². The molecule has 0 aliphatic carbocycles. The topological polar surface area (TPSA) is 64.0 Å². The summed E-state index contributed by atoms with van der Waals surface area (Å²) >= 11 is 2.93. The third kappa shape index (κ3) is 4.00. The molecular weight excluding hydrogens is 390 g/mol. The van der Waals surface area contributed by atoms with Gasteiger partial charge in [0.05, 0.1) is 5.39 Å². The quantitative estimate of drug-likeness (QED) is 0.456. The zero-order chi connectivity index (χ0) is 20.3. The molecule has 0 saturated heterocycles. The number of amides is 1. The normalized spacial score (nSPS) is 11.1. The van der Waals surface area contributed by atoms with E-state index in [1.165, 1.54) is 16.3 Å². The summed E-state index contributed by atoms with van der Waals surface area (Å²) in [4.78, 5) is 32.3. The van der Waals surface area contributed by atoms with Crippen LogP contribution in [0.3, 0.4) is 0 Å². The van der Waals surface area contributed by atoms with Crippen molar-refractivity contribution in [3.8, 4) is 0 Å². The maximum atomic E-state index is 13.0. The third-order valence-corrected chi connectivity index (χ3v) is 6.61. The largest absolute Gasteiger partial charge is 0.324 e. The van der Waals surface area contributed by atoms with Gasteiger partial charge in [0.25, 0.3) is 5.56 Å². The number of para-hydroxylation sites is 1. The fourth-order valence-electron chi connectivity index (χ4n) is 3.24. The summed E-state index contributed by atoms with van der Waals surface area (Å²) in [6, 6.07) is 7.97. The Bertz CT molecular complexity index is 1050. The van der Waals surface area contributed by atoms with Crippen LogP contribution in [0.2, 0.25) is 0 Å². The van der Waals surface area contributed by atoms with Gasteiger partial charge in [0, 0.05) is 10.6 Å². The van der Waals surface area contributed by atoms with Crippen molar-refractivity contribution in [1.29, 1.82) is 0 Å². The Labute approximate surface area is 173 Å². The number of benzene rings is 1. The van der Waals surface area contributed by atoms with Gasteiger partial charge in [-0.15, -0.1) is 11.3 Å². The zero-order valence-electron chi connectivity index (χ0n) is 16.7. The summed E-state index contributed by atoms with van der Waals surface area (Å²) in [5.41, 5.74) is 2.92.